The van der Waals surface area contributed by atoms with Crippen LogP contribution in [-0.2, 0) is 4.79 Å². The maximum atomic E-state index is 13.1. The fourth-order valence-electron chi connectivity index (χ4n) is 4.11. The molecule has 0 aromatic carbocycles. The van der Waals surface area contributed by atoms with Crippen molar-refractivity contribution in [1.82, 2.24) is 19.5 Å². The van der Waals surface area contributed by atoms with E-state index in [0.717, 1.165) is 44.9 Å². The summed E-state index contributed by atoms with van der Waals surface area (Å²) in [6.45, 7) is 0.691. The van der Waals surface area contributed by atoms with E-state index >= 15 is 0 Å². The maximum absolute atomic E-state index is 13.1. The number of aromatic amines is 1. The van der Waals surface area contributed by atoms with Gasteiger partial charge in [0.15, 0.2) is 5.65 Å². The Bertz CT molecular complexity index is 818. The Kier molecular flexibility index (Phi) is 3.68. The Balaban J connectivity index is 1.70. The summed E-state index contributed by atoms with van der Waals surface area (Å²) in [6.07, 6.45) is 8.04. The van der Waals surface area contributed by atoms with E-state index in [1.165, 1.54) is 10.6 Å². The number of hydrogen-bond acceptors (Lipinski definition) is 4. The summed E-state index contributed by atoms with van der Waals surface area (Å²) in [7, 11) is 0. The number of nitrogens with zero attached hydrogens (tertiary/aromatic N) is 3. The largest absolute Gasteiger partial charge is 0.332 e. The van der Waals surface area contributed by atoms with Gasteiger partial charge in [-0.15, -0.1) is 0 Å². The predicted molar refractivity (Wildman–Crippen MR) is 89.5 cm³/mol. The van der Waals surface area contributed by atoms with Crippen molar-refractivity contribution in [3.63, 3.8) is 0 Å². The molecule has 3 heterocycles. The van der Waals surface area contributed by atoms with E-state index < -0.39 is 5.54 Å². The first-order chi connectivity index (χ1) is 11.6. The summed E-state index contributed by atoms with van der Waals surface area (Å²) in [5.41, 5.74) is 6.77. The standard InChI is InChI=1S/C17H23N5O2/c18-17(7-2-3-8-17)16(24)21-10-4-1-5-13(21)12-11-15(23)22-14(20-12)6-9-19-22/h6,9,11,13,19H,1-5,7-8,10,18H2. The molecule has 1 unspecified atom stereocenters. The summed E-state index contributed by atoms with van der Waals surface area (Å²) < 4.78 is 1.40. The molecule has 2 aromatic rings. The molecule has 24 heavy (non-hydrogen) atoms. The van der Waals surface area contributed by atoms with Crippen LogP contribution < -0.4 is 11.3 Å². The maximum Gasteiger partial charge on any atom is 0.272 e. The fraction of sp³-hybridized carbons (Fsp3) is 0.588. The van der Waals surface area contributed by atoms with Crippen molar-refractivity contribution in [2.24, 2.45) is 5.73 Å². The number of carbonyl (C=O) groups excluding carboxylic acids is 1. The highest BCUT2D eigenvalue weighted by Gasteiger charge is 2.43. The molecular weight excluding hydrogens is 306 g/mol. The Hall–Kier alpha value is -2.15. The minimum Gasteiger partial charge on any atom is -0.332 e. The Labute approximate surface area is 139 Å². The number of piperidine rings is 1. The van der Waals surface area contributed by atoms with Crippen LogP contribution in [0.3, 0.4) is 0 Å². The minimum absolute atomic E-state index is 0.0285. The van der Waals surface area contributed by atoms with Gasteiger partial charge < -0.3 is 10.6 Å². The third kappa shape index (κ3) is 2.43. The lowest BCUT2D eigenvalue weighted by Crippen LogP contribution is -2.55. The highest BCUT2D eigenvalue weighted by Crippen LogP contribution is 2.35. The van der Waals surface area contributed by atoms with Gasteiger partial charge in [-0.1, -0.05) is 12.8 Å². The summed E-state index contributed by atoms with van der Waals surface area (Å²) >= 11 is 0. The van der Waals surface area contributed by atoms with Crippen molar-refractivity contribution in [1.29, 1.82) is 0 Å². The van der Waals surface area contributed by atoms with Gasteiger partial charge in [-0.3, -0.25) is 14.7 Å². The van der Waals surface area contributed by atoms with Crippen LogP contribution in [-0.4, -0.2) is 37.5 Å². The van der Waals surface area contributed by atoms with Crippen LogP contribution in [0.1, 0.15) is 56.7 Å². The van der Waals surface area contributed by atoms with Crippen molar-refractivity contribution < 1.29 is 4.79 Å². The number of hydrogen-bond donors (Lipinski definition) is 2. The van der Waals surface area contributed by atoms with Crippen LogP contribution in [0.5, 0.6) is 0 Å². The van der Waals surface area contributed by atoms with Gasteiger partial charge in [0.25, 0.3) is 5.56 Å². The van der Waals surface area contributed by atoms with Crippen LogP contribution >= 0.6 is 0 Å². The summed E-state index contributed by atoms with van der Waals surface area (Å²) in [5.74, 6) is 0.0285. The smallest absolute Gasteiger partial charge is 0.272 e. The molecule has 0 spiro atoms. The van der Waals surface area contributed by atoms with Crippen molar-refractivity contribution in [3.05, 3.63) is 34.4 Å². The normalized spacial score (nSPS) is 23.7. The van der Waals surface area contributed by atoms with Crippen molar-refractivity contribution >= 4 is 11.6 Å². The molecule has 1 saturated carbocycles. The average molecular weight is 329 g/mol. The quantitative estimate of drug-likeness (QED) is 0.869. The fourth-order valence-corrected chi connectivity index (χ4v) is 4.11. The second-order valence-electron chi connectivity index (χ2n) is 7.05. The molecule has 3 N–H and O–H groups in total. The lowest BCUT2D eigenvalue weighted by atomic mass is 9.92. The van der Waals surface area contributed by atoms with Gasteiger partial charge in [0.1, 0.15) is 0 Å². The Morgan fingerprint density at radius 1 is 1.29 bits per heavy atom. The third-order valence-electron chi connectivity index (χ3n) is 5.43. The summed E-state index contributed by atoms with van der Waals surface area (Å²) in [6, 6.07) is 3.15. The van der Waals surface area contributed by atoms with Crippen LogP contribution in [0.25, 0.3) is 5.65 Å². The van der Waals surface area contributed by atoms with Crippen molar-refractivity contribution in [3.8, 4) is 0 Å². The minimum atomic E-state index is -0.733. The lowest BCUT2D eigenvalue weighted by Gasteiger charge is -2.39. The number of H-pyrrole nitrogens is 1. The molecule has 2 aromatic heterocycles. The van der Waals surface area contributed by atoms with Gasteiger partial charge in [0.2, 0.25) is 5.91 Å². The Morgan fingerprint density at radius 2 is 2.08 bits per heavy atom. The molecule has 1 aliphatic carbocycles. The van der Waals surface area contributed by atoms with E-state index in [-0.39, 0.29) is 17.5 Å². The van der Waals surface area contributed by atoms with Gasteiger partial charge in [-0.25, -0.2) is 9.50 Å². The number of fused-ring (bicyclic) bond motifs is 1. The van der Waals surface area contributed by atoms with Gasteiger partial charge in [-0.2, -0.15) is 0 Å². The topological polar surface area (TPSA) is 96.5 Å². The molecule has 7 heteroatoms. The number of aromatic nitrogens is 3. The van der Waals surface area contributed by atoms with Crippen molar-refractivity contribution in [2.45, 2.75) is 56.5 Å². The number of likely N-dealkylation sites (tertiary alicyclic amines) is 1. The first-order valence-electron chi connectivity index (χ1n) is 8.76. The molecule has 1 aliphatic heterocycles. The molecule has 128 valence electrons. The highest BCUT2D eigenvalue weighted by molar-refractivity contribution is 5.87. The van der Waals surface area contributed by atoms with Gasteiger partial charge in [-0.05, 0) is 32.1 Å². The Morgan fingerprint density at radius 3 is 2.88 bits per heavy atom. The van der Waals surface area contributed by atoms with Gasteiger partial charge >= 0.3 is 0 Å². The predicted octanol–water partition coefficient (Wildman–Crippen LogP) is 1.35. The highest BCUT2D eigenvalue weighted by atomic mass is 16.2. The van der Waals surface area contributed by atoms with Crippen LogP contribution in [0, 0.1) is 0 Å². The van der Waals surface area contributed by atoms with E-state index in [1.807, 2.05) is 4.90 Å². The molecule has 1 atom stereocenters. The molecular formula is C17H23N5O2. The third-order valence-corrected chi connectivity index (χ3v) is 5.43. The van der Waals surface area contributed by atoms with Crippen molar-refractivity contribution in [2.75, 3.05) is 6.54 Å². The SMILES string of the molecule is NC1(C(=O)N2CCCCC2c2cc(=O)n3[nH]ccc3n2)CCCC1. The number of nitrogens with two attached hydrogens (primary N) is 1. The van der Waals surface area contributed by atoms with Crippen LogP contribution in [0.4, 0.5) is 0 Å². The molecule has 4 rings (SSSR count). The summed E-state index contributed by atoms with van der Waals surface area (Å²) in [4.78, 5) is 31.8. The number of rotatable bonds is 2. The lowest BCUT2D eigenvalue weighted by molar-refractivity contribution is -0.141. The second-order valence-corrected chi connectivity index (χ2v) is 7.05. The molecule has 1 amide bonds. The molecule has 0 radical (unpaired) electrons. The summed E-state index contributed by atoms with van der Waals surface area (Å²) in [5, 5.41) is 2.84. The van der Waals surface area contributed by atoms with Gasteiger partial charge in [0, 0.05) is 24.9 Å². The van der Waals surface area contributed by atoms with Crippen LogP contribution in [0.15, 0.2) is 23.1 Å². The van der Waals surface area contributed by atoms with E-state index in [0.29, 0.717) is 17.9 Å². The van der Waals surface area contributed by atoms with E-state index in [9.17, 15) is 9.59 Å². The van der Waals surface area contributed by atoms with Crippen LogP contribution in [0.2, 0.25) is 0 Å². The zero-order valence-corrected chi connectivity index (χ0v) is 13.7. The monoisotopic (exact) mass is 329 g/mol. The molecule has 2 fully saturated rings. The number of amides is 1. The zero-order chi connectivity index (χ0) is 16.7. The second kappa shape index (κ2) is 5.73. The number of carbonyl (C=O) groups is 1. The first kappa shape index (κ1) is 15.4. The first-order valence-corrected chi connectivity index (χ1v) is 8.76. The molecule has 1 saturated heterocycles. The number of nitrogens with one attached hydrogen (secondary N) is 1. The van der Waals surface area contributed by atoms with E-state index in [2.05, 4.69) is 10.1 Å². The zero-order valence-electron chi connectivity index (χ0n) is 13.7. The van der Waals surface area contributed by atoms with E-state index in [4.69, 9.17) is 5.73 Å². The molecule has 2 aliphatic rings. The van der Waals surface area contributed by atoms with Gasteiger partial charge in [0.05, 0.1) is 17.3 Å². The average Bonchev–Trinajstić information content (AvgIpc) is 3.24. The van der Waals surface area contributed by atoms with E-state index in [1.54, 1.807) is 12.3 Å². The molecule has 0 bridgehead atoms. The molecule has 7 nitrogen and oxygen atoms in total.